The topological polar surface area (TPSA) is 71.0 Å². The molecule has 0 saturated carbocycles. The molecular weight excluding hydrogens is 368 g/mol. The summed E-state index contributed by atoms with van der Waals surface area (Å²) in [7, 11) is 0. The summed E-state index contributed by atoms with van der Waals surface area (Å²) in [5.41, 5.74) is 3.11. The number of carbonyl (C=O) groups is 1. The molecule has 1 saturated heterocycles. The Labute approximate surface area is 172 Å². The first kappa shape index (κ1) is 21.1. The molecule has 6 nitrogen and oxygen atoms in total. The minimum absolute atomic E-state index is 0.0820. The fourth-order valence-electron chi connectivity index (χ4n) is 3.20. The fourth-order valence-corrected chi connectivity index (χ4v) is 3.20. The van der Waals surface area contributed by atoms with E-state index in [0.717, 1.165) is 43.3 Å². The number of hydrogen-bond donors (Lipinski definition) is 2. The van der Waals surface area contributed by atoms with E-state index >= 15 is 0 Å². The molecule has 0 bridgehead atoms. The lowest BCUT2D eigenvalue weighted by atomic mass is 10.1. The number of morpholine rings is 1. The van der Waals surface area contributed by atoms with Gasteiger partial charge in [-0.15, -0.1) is 0 Å². The lowest BCUT2D eigenvalue weighted by molar-refractivity contribution is -0.121. The molecule has 1 aliphatic rings. The lowest BCUT2D eigenvalue weighted by Gasteiger charge is -2.29. The minimum Gasteiger partial charge on any atom is -0.494 e. The van der Waals surface area contributed by atoms with Crippen molar-refractivity contribution in [2.45, 2.75) is 25.9 Å². The van der Waals surface area contributed by atoms with Gasteiger partial charge in [-0.05, 0) is 43.2 Å². The van der Waals surface area contributed by atoms with Crippen LogP contribution in [0, 0.1) is 6.92 Å². The molecule has 1 aliphatic heterocycles. The van der Waals surface area contributed by atoms with E-state index in [1.165, 1.54) is 5.56 Å². The summed E-state index contributed by atoms with van der Waals surface area (Å²) in [5, 5.41) is 13.1. The fraction of sp³-hybridized carbons (Fsp3) is 0.435. The van der Waals surface area contributed by atoms with Gasteiger partial charge in [-0.25, -0.2) is 0 Å². The number of carbonyl (C=O) groups excluding carboxylic acids is 1. The molecule has 6 heteroatoms. The third-order valence-corrected chi connectivity index (χ3v) is 4.98. The molecule has 0 aliphatic carbocycles. The van der Waals surface area contributed by atoms with Crippen molar-refractivity contribution < 1.29 is 19.4 Å². The molecule has 3 rings (SSSR count). The highest BCUT2D eigenvalue weighted by atomic mass is 16.5. The summed E-state index contributed by atoms with van der Waals surface area (Å²) in [4.78, 5) is 14.3. The number of ether oxygens (including phenoxy) is 2. The van der Waals surface area contributed by atoms with Crippen LogP contribution in [0.15, 0.2) is 48.5 Å². The van der Waals surface area contributed by atoms with Gasteiger partial charge in [-0.2, -0.15) is 0 Å². The summed E-state index contributed by atoms with van der Waals surface area (Å²) in [6.45, 7) is 5.97. The molecule has 2 aromatic carbocycles. The van der Waals surface area contributed by atoms with Gasteiger partial charge in [0.15, 0.2) is 0 Å². The second-order valence-corrected chi connectivity index (χ2v) is 7.28. The molecule has 2 N–H and O–H groups in total. The minimum atomic E-state index is -0.721. The maximum absolute atomic E-state index is 12.0. The first-order valence-electron chi connectivity index (χ1n) is 10.2. The van der Waals surface area contributed by atoms with Crippen molar-refractivity contribution in [2.75, 3.05) is 44.4 Å². The molecule has 0 spiro atoms. The monoisotopic (exact) mass is 398 g/mol. The Kier molecular flexibility index (Phi) is 7.90. The predicted molar refractivity (Wildman–Crippen MR) is 113 cm³/mol. The Hall–Kier alpha value is -2.57. The van der Waals surface area contributed by atoms with Crippen LogP contribution in [-0.2, 0) is 9.53 Å². The molecule has 1 atom stereocenters. The summed E-state index contributed by atoms with van der Waals surface area (Å²) in [5.74, 6) is 0.730. The van der Waals surface area contributed by atoms with Crippen LogP contribution in [0.4, 0.5) is 5.69 Å². The van der Waals surface area contributed by atoms with Crippen LogP contribution in [0.3, 0.4) is 0 Å². The summed E-state index contributed by atoms with van der Waals surface area (Å²) in [6, 6.07) is 15.7. The third kappa shape index (κ3) is 6.76. The molecule has 1 fully saturated rings. The smallest absolute Gasteiger partial charge is 0.220 e. The van der Waals surface area contributed by atoms with Crippen LogP contribution in [0.25, 0.3) is 0 Å². The van der Waals surface area contributed by atoms with Crippen molar-refractivity contribution in [1.29, 1.82) is 0 Å². The third-order valence-electron chi connectivity index (χ3n) is 4.98. The largest absolute Gasteiger partial charge is 0.494 e. The average molecular weight is 399 g/mol. The van der Waals surface area contributed by atoms with Gasteiger partial charge in [0.05, 0.1) is 25.9 Å². The summed E-state index contributed by atoms with van der Waals surface area (Å²) in [6.07, 6.45) is 0.278. The lowest BCUT2D eigenvalue weighted by Crippen LogP contribution is -2.36. The molecule has 156 valence electrons. The molecule has 1 heterocycles. The molecule has 29 heavy (non-hydrogen) atoms. The SMILES string of the molecule is Cc1ccc(OCCCC(=O)NCC(O)c2ccc(N3CCOCC3)cc2)cc1. The van der Waals surface area contributed by atoms with Gasteiger partial charge in [0, 0.05) is 31.7 Å². The van der Waals surface area contributed by atoms with Gasteiger partial charge >= 0.3 is 0 Å². The Morgan fingerprint density at radius 1 is 1.14 bits per heavy atom. The van der Waals surface area contributed by atoms with E-state index in [0.29, 0.717) is 19.4 Å². The molecule has 2 aromatic rings. The van der Waals surface area contributed by atoms with E-state index < -0.39 is 6.10 Å². The van der Waals surface area contributed by atoms with Crippen molar-refractivity contribution in [2.24, 2.45) is 0 Å². The van der Waals surface area contributed by atoms with Crippen molar-refractivity contribution in [3.05, 3.63) is 59.7 Å². The number of amides is 1. The average Bonchev–Trinajstić information content (AvgIpc) is 2.77. The Morgan fingerprint density at radius 3 is 2.52 bits per heavy atom. The van der Waals surface area contributed by atoms with Gasteiger partial charge in [0.2, 0.25) is 5.91 Å². The first-order valence-corrected chi connectivity index (χ1v) is 10.2. The highest BCUT2D eigenvalue weighted by molar-refractivity contribution is 5.75. The predicted octanol–water partition coefficient (Wildman–Crippen LogP) is 2.84. The van der Waals surface area contributed by atoms with Gasteiger partial charge in [0.1, 0.15) is 5.75 Å². The zero-order valence-corrected chi connectivity index (χ0v) is 17.0. The van der Waals surface area contributed by atoms with Crippen molar-refractivity contribution in [3.63, 3.8) is 0 Å². The van der Waals surface area contributed by atoms with Crippen molar-refractivity contribution in [1.82, 2.24) is 5.32 Å². The van der Waals surface area contributed by atoms with E-state index in [-0.39, 0.29) is 12.5 Å². The Bertz CT molecular complexity index is 755. The van der Waals surface area contributed by atoms with E-state index in [1.54, 1.807) is 0 Å². The van der Waals surface area contributed by atoms with E-state index in [4.69, 9.17) is 9.47 Å². The molecule has 1 amide bonds. The van der Waals surface area contributed by atoms with E-state index in [2.05, 4.69) is 10.2 Å². The van der Waals surface area contributed by atoms with Crippen LogP contribution >= 0.6 is 0 Å². The molecular formula is C23H30N2O4. The molecule has 0 radical (unpaired) electrons. The van der Waals surface area contributed by atoms with Gasteiger partial charge in [0.25, 0.3) is 0 Å². The van der Waals surface area contributed by atoms with E-state index in [9.17, 15) is 9.90 Å². The zero-order chi connectivity index (χ0) is 20.5. The highest BCUT2D eigenvalue weighted by Gasteiger charge is 2.13. The second-order valence-electron chi connectivity index (χ2n) is 7.28. The van der Waals surface area contributed by atoms with Crippen LogP contribution in [0.2, 0.25) is 0 Å². The number of aliphatic hydroxyl groups excluding tert-OH is 1. The van der Waals surface area contributed by atoms with Gasteiger partial charge in [-0.1, -0.05) is 29.8 Å². The number of anilines is 1. The van der Waals surface area contributed by atoms with Crippen LogP contribution in [0.5, 0.6) is 5.75 Å². The standard InChI is InChI=1S/C23H30N2O4/c1-18-4-10-21(11-5-18)29-14-2-3-23(27)24-17-22(26)19-6-8-20(9-7-19)25-12-15-28-16-13-25/h4-11,22,26H,2-3,12-17H2,1H3,(H,24,27). The van der Waals surface area contributed by atoms with Gasteiger partial charge in [-0.3, -0.25) is 4.79 Å². The van der Waals surface area contributed by atoms with Crippen molar-refractivity contribution in [3.8, 4) is 5.75 Å². The summed E-state index contributed by atoms with van der Waals surface area (Å²) < 4.78 is 11.0. The second kappa shape index (κ2) is 10.8. The number of hydrogen-bond acceptors (Lipinski definition) is 5. The molecule has 1 unspecified atom stereocenters. The van der Waals surface area contributed by atoms with Crippen LogP contribution < -0.4 is 15.0 Å². The highest BCUT2D eigenvalue weighted by Crippen LogP contribution is 2.20. The number of benzene rings is 2. The first-order chi connectivity index (χ1) is 14.1. The Balaban J connectivity index is 1.34. The number of aryl methyl sites for hydroxylation is 1. The van der Waals surface area contributed by atoms with Gasteiger partial charge < -0.3 is 24.8 Å². The zero-order valence-electron chi connectivity index (χ0n) is 17.0. The number of rotatable bonds is 9. The quantitative estimate of drug-likeness (QED) is 0.636. The van der Waals surface area contributed by atoms with Crippen LogP contribution in [-0.4, -0.2) is 50.5 Å². The summed E-state index contributed by atoms with van der Waals surface area (Å²) >= 11 is 0. The van der Waals surface area contributed by atoms with E-state index in [1.807, 2.05) is 55.5 Å². The Morgan fingerprint density at radius 2 is 1.83 bits per heavy atom. The number of nitrogens with one attached hydrogen (secondary N) is 1. The number of aliphatic hydroxyl groups is 1. The number of nitrogens with zero attached hydrogens (tertiary/aromatic N) is 1. The molecule has 0 aromatic heterocycles. The van der Waals surface area contributed by atoms with Crippen molar-refractivity contribution >= 4 is 11.6 Å². The maximum atomic E-state index is 12.0. The maximum Gasteiger partial charge on any atom is 0.220 e. The normalized spacial score (nSPS) is 15.0. The van der Waals surface area contributed by atoms with Crippen LogP contribution in [0.1, 0.15) is 30.1 Å².